The van der Waals surface area contributed by atoms with Gasteiger partial charge in [0.2, 0.25) is 0 Å². The lowest BCUT2D eigenvalue weighted by atomic mass is 9.95. The van der Waals surface area contributed by atoms with Gasteiger partial charge < -0.3 is 16.6 Å². The molecule has 0 aromatic heterocycles. The van der Waals surface area contributed by atoms with Crippen molar-refractivity contribution in [3.05, 3.63) is 59.2 Å². The van der Waals surface area contributed by atoms with E-state index in [0.717, 1.165) is 23.2 Å². The van der Waals surface area contributed by atoms with Gasteiger partial charge in [0.05, 0.1) is 0 Å². The number of nitrogen functional groups attached to an aromatic ring is 2. The van der Waals surface area contributed by atoms with E-state index in [1.165, 1.54) is 5.56 Å². The van der Waals surface area contributed by atoms with E-state index in [1.807, 2.05) is 24.3 Å². The van der Waals surface area contributed by atoms with Gasteiger partial charge in [0, 0.05) is 18.0 Å². The Bertz CT molecular complexity index is 524. The minimum Gasteiger partial charge on any atom is -0.398 e. The SMILES string of the molecule is Nc1ccc(N)c(Cc2ccccc2)c1CCO. The van der Waals surface area contributed by atoms with Crippen LogP contribution in [0.5, 0.6) is 0 Å². The van der Waals surface area contributed by atoms with Crippen LogP contribution in [-0.4, -0.2) is 11.7 Å². The Kier molecular flexibility index (Phi) is 3.85. The smallest absolute Gasteiger partial charge is 0.0472 e. The molecule has 0 amide bonds. The molecule has 0 aliphatic rings. The van der Waals surface area contributed by atoms with Gasteiger partial charge in [0.1, 0.15) is 0 Å². The molecule has 18 heavy (non-hydrogen) atoms. The zero-order valence-corrected chi connectivity index (χ0v) is 10.3. The van der Waals surface area contributed by atoms with Crippen molar-refractivity contribution < 1.29 is 5.11 Å². The largest absolute Gasteiger partial charge is 0.398 e. The maximum Gasteiger partial charge on any atom is 0.0472 e. The lowest BCUT2D eigenvalue weighted by Gasteiger charge is -2.14. The lowest BCUT2D eigenvalue weighted by molar-refractivity contribution is 0.299. The highest BCUT2D eigenvalue weighted by Gasteiger charge is 2.10. The van der Waals surface area contributed by atoms with Crippen LogP contribution < -0.4 is 11.5 Å². The second kappa shape index (κ2) is 5.56. The molecule has 2 aromatic rings. The maximum atomic E-state index is 9.13. The summed E-state index contributed by atoms with van der Waals surface area (Å²) in [6, 6.07) is 13.7. The van der Waals surface area contributed by atoms with Crippen LogP contribution in [0.1, 0.15) is 16.7 Å². The predicted molar refractivity (Wildman–Crippen MR) is 75.3 cm³/mol. The summed E-state index contributed by atoms with van der Waals surface area (Å²) in [4.78, 5) is 0. The summed E-state index contributed by atoms with van der Waals surface area (Å²) < 4.78 is 0. The number of benzene rings is 2. The Morgan fingerprint density at radius 3 is 2.06 bits per heavy atom. The molecule has 0 spiro atoms. The first-order chi connectivity index (χ1) is 8.72. The Balaban J connectivity index is 2.39. The van der Waals surface area contributed by atoms with E-state index in [2.05, 4.69) is 12.1 Å². The van der Waals surface area contributed by atoms with Crippen molar-refractivity contribution in [2.24, 2.45) is 0 Å². The van der Waals surface area contributed by atoms with Crippen LogP contribution >= 0.6 is 0 Å². The summed E-state index contributed by atoms with van der Waals surface area (Å²) in [5, 5.41) is 9.13. The number of hydrogen-bond donors (Lipinski definition) is 3. The van der Waals surface area contributed by atoms with Gasteiger partial charge in [-0.1, -0.05) is 30.3 Å². The van der Waals surface area contributed by atoms with Crippen LogP contribution in [0.15, 0.2) is 42.5 Å². The number of anilines is 2. The first-order valence-electron chi connectivity index (χ1n) is 6.03. The quantitative estimate of drug-likeness (QED) is 0.718. The molecule has 0 atom stereocenters. The molecule has 94 valence electrons. The molecular formula is C15H18N2O. The molecule has 2 aromatic carbocycles. The summed E-state index contributed by atoms with van der Waals surface area (Å²) in [5.41, 5.74) is 16.6. The van der Waals surface area contributed by atoms with Crippen LogP contribution in [0.3, 0.4) is 0 Å². The van der Waals surface area contributed by atoms with Crippen LogP contribution in [-0.2, 0) is 12.8 Å². The van der Waals surface area contributed by atoms with E-state index < -0.39 is 0 Å². The highest BCUT2D eigenvalue weighted by molar-refractivity contribution is 5.63. The Morgan fingerprint density at radius 2 is 1.44 bits per heavy atom. The maximum absolute atomic E-state index is 9.13. The molecule has 0 unspecified atom stereocenters. The van der Waals surface area contributed by atoms with Gasteiger partial charge in [0.15, 0.2) is 0 Å². The van der Waals surface area contributed by atoms with Gasteiger partial charge in [-0.3, -0.25) is 0 Å². The molecule has 0 radical (unpaired) electrons. The standard InChI is InChI=1S/C15H18N2O/c16-14-6-7-15(17)13(12(14)8-9-18)10-11-4-2-1-3-5-11/h1-7,18H,8-10,16-17H2. The van der Waals surface area contributed by atoms with Crippen molar-refractivity contribution in [3.8, 4) is 0 Å². The molecule has 3 nitrogen and oxygen atoms in total. The fourth-order valence-corrected chi connectivity index (χ4v) is 2.14. The molecule has 0 bridgehead atoms. The molecule has 2 rings (SSSR count). The van der Waals surface area contributed by atoms with E-state index in [0.29, 0.717) is 12.1 Å². The second-order valence-electron chi connectivity index (χ2n) is 4.34. The van der Waals surface area contributed by atoms with Gasteiger partial charge in [-0.05, 0) is 41.7 Å². The third kappa shape index (κ3) is 2.63. The van der Waals surface area contributed by atoms with E-state index in [-0.39, 0.29) is 6.61 Å². The van der Waals surface area contributed by atoms with Crippen molar-refractivity contribution in [2.45, 2.75) is 12.8 Å². The van der Waals surface area contributed by atoms with Crippen LogP contribution in [0.25, 0.3) is 0 Å². The highest BCUT2D eigenvalue weighted by Crippen LogP contribution is 2.26. The third-order valence-electron chi connectivity index (χ3n) is 3.09. The normalized spacial score (nSPS) is 10.5. The molecule has 5 N–H and O–H groups in total. The average molecular weight is 242 g/mol. The lowest BCUT2D eigenvalue weighted by Crippen LogP contribution is -2.07. The van der Waals surface area contributed by atoms with Crippen molar-refractivity contribution in [3.63, 3.8) is 0 Å². The number of aliphatic hydroxyl groups is 1. The summed E-state index contributed by atoms with van der Waals surface area (Å²) in [6.07, 6.45) is 1.28. The average Bonchev–Trinajstić information content (AvgIpc) is 2.39. The van der Waals surface area contributed by atoms with Gasteiger partial charge in [0.25, 0.3) is 0 Å². The van der Waals surface area contributed by atoms with E-state index in [9.17, 15) is 0 Å². The molecule has 3 heteroatoms. The Hall–Kier alpha value is -2.00. The van der Waals surface area contributed by atoms with Crippen LogP contribution in [0, 0.1) is 0 Å². The molecule has 0 aliphatic carbocycles. The highest BCUT2D eigenvalue weighted by atomic mass is 16.2. The van der Waals surface area contributed by atoms with Crippen molar-refractivity contribution in [1.82, 2.24) is 0 Å². The molecular weight excluding hydrogens is 224 g/mol. The zero-order valence-electron chi connectivity index (χ0n) is 10.3. The van der Waals surface area contributed by atoms with Gasteiger partial charge in [-0.25, -0.2) is 0 Å². The zero-order chi connectivity index (χ0) is 13.0. The molecule has 0 fully saturated rings. The summed E-state index contributed by atoms with van der Waals surface area (Å²) in [5.74, 6) is 0. The number of nitrogens with two attached hydrogens (primary N) is 2. The third-order valence-corrected chi connectivity index (χ3v) is 3.09. The summed E-state index contributed by atoms with van der Waals surface area (Å²) in [7, 11) is 0. The van der Waals surface area contributed by atoms with Crippen molar-refractivity contribution >= 4 is 11.4 Å². The van der Waals surface area contributed by atoms with Crippen LogP contribution in [0.4, 0.5) is 11.4 Å². The first kappa shape index (κ1) is 12.5. The van der Waals surface area contributed by atoms with Gasteiger partial charge >= 0.3 is 0 Å². The first-order valence-corrected chi connectivity index (χ1v) is 6.03. The number of hydrogen-bond acceptors (Lipinski definition) is 3. The predicted octanol–water partition coefficient (Wildman–Crippen LogP) is 1.98. The monoisotopic (exact) mass is 242 g/mol. The molecule has 0 aliphatic heterocycles. The Morgan fingerprint density at radius 1 is 0.833 bits per heavy atom. The summed E-state index contributed by atoms with van der Waals surface area (Å²) >= 11 is 0. The van der Waals surface area contributed by atoms with Gasteiger partial charge in [-0.15, -0.1) is 0 Å². The van der Waals surface area contributed by atoms with Gasteiger partial charge in [-0.2, -0.15) is 0 Å². The molecule has 0 saturated carbocycles. The Labute approximate surface area is 107 Å². The minimum absolute atomic E-state index is 0.0788. The van der Waals surface area contributed by atoms with E-state index >= 15 is 0 Å². The minimum atomic E-state index is 0.0788. The molecule has 0 heterocycles. The van der Waals surface area contributed by atoms with E-state index in [1.54, 1.807) is 6.07 Å². The van der Waals surface area contributed by atoms with Crippen molar-refractivity contribution in [1.29, 1.82) is 0 Å². The van der Waals surface area contributed by atoms with E-state index in [4.69, 9.17) is 16.6 Å². The fraction of sp³-hybridized carbons (Fsp3) is 0.200. The van der Waals surface area contributed by atoms with Crippen molar-refractivity contribution in [2.75, 3.05) is 18.1 Å². The molecule has 0 saturated heterocycles. The summed E-state index contributed by atoms with van der Waals surface area (Å²) in [6.45, 7) is 0.0788. The topological polar surface area (TPSA) is 72.3 Å². The number of aliphatic hydroxyl groups excluding tert-OH is 1. The fourth-order valence-electron chi connectivity index (χ4n) is 2.14. The van der Waals surface area contributed by atoms with Crippen LogP contribution in [0.2, 0.25) is 0 Å². The second-order valence-corrected chi connectivity index (χ2v) is 4.34. The number of rotatable bonds is 4.